The van der Waals surface area contributed by atoms with Gasteiger partial charge in [0, 0.05) is 12.3 Å². The zero-order chi connectivity index (χ0) is 24.3. The summed E-state index contributed by atoms with van der Waals surface area (Å²) in [7, 11) is 0. The van der Waals surface area contributed by atoms with Gasteiger partial charge in [0.15, 0.2) is 0 Å². The first kappa shape index (κ1) is 27.2. The molecule has 3 rings (SSSR count). The SMILES string of the molecule is CCCC/C=C\C=C\C1OC(=O)CC2C[C@H](O)C[C@H](CC3CCC[C@H](C[C@@H](C)/C=C/[C@@H]1C)O3)O2. The maximum Gasteiger partial charge on any atom is 0.309 e. The van der Waals surface area contributed by atoms with Gasteiger partial charge in [0.25, 0.3) is 0 Å². The fraction of sp³-hybridized carbons (Fsp3) is 0.759. The van der Waals surface area contributed by atoms with Gasteiger partial charge in [-0.15, -0.1) is 0 Å². The van der Waals surface area contributed by atoms with Gasteiger partial charge in [-0.2, -0.15) is 0 Å². The number of carbonyl (C=O) groups excluding carboxylic acids is 1. The molecule has 5 heteroatoms. The first-order chi connectivity index (χ1) is 16.4. The fourth-order valence-corrected chi connectivity index (χ4v) is 5.34. The molecule has 3 unspecified atom stereocenters. The number of carbonyl (C=O) groups is 1. The first-order valence-electron chi connectivity index (χ1n) is 13.6. The van der Waals surface area contributed by atoms with E-state index in [4.69, 9.17) is 14.2 Å². The van der Waals surface area contributed by atoms with Crippen molar-refractivity contribution in [1.82, 2.24) is 0 Å². The molecule has 3 heterocycles. The van der Waals surface area contributed by atoms with Gasteiger partial charge in [0.2, 0.25) is 0 Å². The van der Waals surface area contributed by atoms with Crippen molar-refractivity contribution in [3.8, 4) is 0 Å². The molecule has 0 spiro atoms. The number of aliphatic hydroxyl groups excluding tert-OH is 1. The van der Waals surface area contributed by atoms with Crippen molar-refractivity contribution in [3.63, 3.8) is 0 Å². The van der Waals surface area contributed by atoms with Crippen LogP contribution in [0.4, 0.5) is 0 Å². The van der Waals surface area contributed by atoms with Crippen LogP contribution in [0.5, 0.6) is 0 Å². The number of allylic oxidation sites excluding steroid dienone is 4. The Kier molecular flexibility index (Phi) is 11.4. The van der Waals surface area contributed by atoms with E-state index < -0.39 is 6.10 Å². The van der Waals surface area contributed by atoms with Crippen LogP contribution in [0.25, 0.3) is 0 Å². The standard InChI is InChI=1S/C29H46O5/c1-4-5-6-7-8-9-13-28-22(3)15-14-21(2)16-24-11-10-12-25(32-24)19-26-17-23(30)18-27(33-26)20-29(31)34-28/h7-9,13-15,21-28,30H,4-6,10-12,16-20H2,1-3H3/b8-7-,13-9+,15-14+/t21-,22-,23+,24+,25?,26+,27?,28?/m0/s1. The lowest BCUT2D eigenvalue weighted by atomic mass is 9.90. The van der Waals surface area contributed by atoms with Gasteiger partial charge in [-0.1, -0.05) is 64.0 Å². The molecule has 0 amide bonds. The largest absolute Gasteiger partial charge is 0.457 e. The number of fused-ring (bicyclic) bond motifs is 4. The van der Waals surface area contributed by atoms with Crippen LogP contribution in [0, 0.1) is 11.8 Å². The van der Waals surface area contributed by atoms with Crippen LogP contribution in [0.3, 0.4) is 0 Å². The van der Waals surface area contributed by atoms with Gasteiger partial charge < -0.3 is 19.3 Å². The van der Waals surface area contributed by atoms with E-state index in [2.05, 4.69) is 39.0 Å². The molecule has 34 heavy (non-hydrogen) atoms. The van der Waals surface area contributed by atoms with Gasteiger partial charge in [0.05, 0.1) is 36.9 Å². The molecule has 3 aliphatic rings. The van der Waals surface area contributed by atoms with Gasteiger partial charge in [-0.05, 0) is 56.9 Å². The van der Waals surface area contributed by atoms with Crippen LogP contribution in [0.15, 0.2) is 36.5 Å². The van der Waals surface area contributed by atoms with E-state index in [1.807, 2.05) is 18.2 Å². The van der Waals surface area contributed by atoms with Gasteiger partial charge in [-0.25, -0.2) is 0 Å². The number of cyclic esters (lactones) is 1. The molecule has 3 aliphatic heterocycles. The molecule has 0 aromatic carbocycles. The number of rotatable bonds is 5. The normalized spacial score (nSPS) is 39.2. The second kappa shape index (κ2) is 14.2. The number of ether oxygens (including phenoxy) is 3. The summed E-state index contributed by atoms with van der Waals surface area (Å²) in [5, 5.41) is 10.4. The molecule has 0 aromatic heterocycles. The van der Waals surface area contributed by atoms with Crippen molar-refractivity contribution in [2.75, 3.05) is 0 Å². The minimum Gasteiger partial charge on any atom is -0.457 e. The van der Waals surface area contributed by atoms with E-state index in [0.29, 0.717) is 18.8 Å². The predicted octanol–water partition coefficient (Wildman–Crippen LogP) is 6.06. The van der Waals surface area contributed by atoms with Crippen molar-refractivity contribution >= 4 is 5.97 Å². The Balaban J connectivity index is 1.74. The van der Waals surface area contributed by atoms with E-state index in [1.54, 1.807) is 0 Å². The molecule has 0 radical (unpaired) electrons. The third kappa shape index (κ3) is 9.31. The topological polar surface area (TPSA) is 65.0 Å². The Morgan fingerprint density at radius 3 is 2.50 bits per heavy atom. The summed E-state index contributed by atoms with van der Waals surface area (Å²) in [4.78, 5) is 12.9. The average Bonchev–Trinajstić information content (AvgIpc) is 2.78. The second-order valence-electron chi connectivity index (χ2n) is 10.6. The Bertz CT molecular complexity index is 699. The number of hydrogen-bond acceptors (Lipinski definition) is 5. The minimum absolute atomic E-state index is 0.0604. The van der Waals surface area contributed by atoms with E-state index in [1.165, 1.54) is 19.3 Å². The van der Waals surface area contributed by atoms with Crippen LogP contribution >= 0.6 is 0 Å². The van der Waals surface area contributed by atoms with Crippen molar-refractivity contribution in [3.05, 3.63) is 36.5 Å². The molecule has 2 saturated heterocycles. The maximum absolute atomic E-state index is 12.9. The van der Waals surface area contributed by atoms with Crippen LogP contribution in [-0.2, 0) is 19.0 Å². The Labute approximate surface area is 206 Å². The molecule has 2 fully saturated rings. The summed E-state index contributed by atoms with van der Waals surface area (Å²) in [5.41, 5.74) is 0. The highest BCUT2D eigenvalue weighted by molar-refractivity contribution is 5.70. The molecule has 192 valence electrons. The Morgan fingerprint density at radius 2 is 1.71 bits per heavy atom. The van der Waals surface area contributed by atoms with E-state index in [-0.39, 0.29) is 48.8 Å². The number of esters is 1. The zero-order valence-corrected chi connectivity index (χ0v) is 21.4. The Hall–Kier alpha value is -1.43. The lowest BCUT2D eigenvalue weighted by molar-refractivity contribution is -0.161. The van der Waals surface area contributed by atoms with Crippen molar-refractivity contribution in [1.29, 1.82) is 0 Å². The van der Waals surface area contributed by atoms with E-state index in [0.717, 1.165) is 32.1 Å². The molecule has 8 atom stereocenters. The summed E-state index contributed by atoms with van der Waals surface area (Å²) in [6, 6.07) is 0. The second-order valence-corrected chi connectivity index (χ2v) is 10.6. The highest BCUT2D eigenvalue weighted by Crippen LogP contribution is 2.31. The molecular weight excluding hydrogens is 428 g/mol. The van der Waals surface area contributed by atoms with Gasteiger partial charge >= 0.3 is 5.97 Å². The summed E-state index contributed by atoms with van der Waals surface area (Å²) < 4.78 is 18.6. The summed E-state index contributed by atoms with van der Waals surface area (Å²) in [6.45, 7) is 6.52. The molecule has 0 aliphatic carbocycles. The van der Waals surface area contributed by atoms with Gasteiger partial charge in [-0.3, -0.25) is 4.79 Å². The Morgan fingerprint density at radius 1 is 0.971 bits per heavy atom. The summed E-state index contributed by atoms with van der Waals surface area (Å²) in [5.74, 6) is 0.188. The highest BCUT2D eigenvalue weighted by Gasteiger charge is 2.34. The third-order valence-corrected chi connectivity index (χ3v) is 7.25. The monoisotopic (exact) mass is 474 g/mol. The highest BCUT2D eigenvalue weighted by atomic mass is 16.6. The lowest BCUT2D eigenvalue weighted by Crippen LogP contribution is -2.40. The average molecular weight is 475 g/mol. The number of aliphatic hydroxyl groups is 1. The molecule has 5 nitrogen and oxygen atoms in total. The van der Waals surface area contributed by atoms with Crippen LogP contribution < -0.4 is 0 Å². The minimum atomic E-state index is -0.444. The molecule has 0 aromatic rings. The molecular formula is C29H46O5. The molecule has 1 N–H and O–H groups in total. The van der Waals surface area contributed by atoms with Crippen LogP contribution in [0.2, 0.25) is 0 Å². The van der Waals surface area contributed by atoms with Crippen molar-refractivity contribution < 1.29 is 24.1 Å². The molecule has 4 bridgehead atoms. The maximum atomic E-state index is 12.9. The van der Waals surface area contributed by atoms with E-state index in [9.17, 15) is 9.90 Å². The van der Waals surface area contributed by atoms with Crippen LogP contribution in [-0.4, -0.2) is 47.7 Å². The summed E-state index contributed by atoms with van der Waals surface area (Å²) >= 11 is 0. The predicted molar refractivity (Wildman–Crippen MR) is 135 cm³/mol. The van der Waals surface area contributed by atoms with E-state index >= 15 is 0 Å². The van der Waals surface area contributed by atoms with Crippen LogP contribution in [0.1, 0.15) is 91.4 Å². The van der Waals surface area contributed by atoms with Crippen molar-refractivity contribution in [2.45, 2.75) is 128 Å². The number of hydrogen-bond donors (Lipinski definition) is 1. The summed E-state index contributed by atoms with van der Waals surface area (Å²) in [6.07, 6.45) is 21.7. The smallest absolute Gasteiger partial charge is 0.309 e. The molecule has 0 saturated carbocycles. The third-order valence-electron chi connectivity index (χ3n) is 7.25. The first-order valence-corrected chi connectivity index (χ1v) is 13.6. The fourth-order valence-electron chi connectivity index (χ4n) is 5.34. The lowest BCUT2D eigenvalue weighted by Gasteiger charge is -2.37. The van der Waals surface area contributed by atoms with Gasteiger partial charge in [0.1, 0.15) is 6.10 Å². The quantitative estimate of drug-likeness (QED) is 0.227. The number of unbranched alkanes of at least 4 members (excludes halogenated alkanes) is 2. The zero-order valence-electron chi connectivity index (χ0n) is 21.4. The van der Waals surface area contributed by atoms with Crippen molar-refractivity contribution in [2.24, 2.45) is 11.8 Å².